The maximum atomic E-state index is 5.60. The van der Waals surface area contributed by atoms with Gasteiger partial charge in [0, 0.05) is 0 Å². The molecule has 0 fully saturated rings. The summed E-state index contributed by atoms with van der Waals surface area (Å²) >= 11 is 0. The first-order valence-electron chi connectivity index (χ1n) is 3.48. The van der Waals surface area contributed by atoms with Crippen molar-refractivity contribution >= 4 is 0 Å². The summed E-state index contributed by atoms with van der Waals surface area (Å²) in [5, 5.41) is 0. The molecule has 0 amide bonds. The van der Waals surface area contributed by atoms with Crippen LogP contribution in [0.4, 0.5) is 0 Å². The van der Waals surface area contributed by atoms with Crippen LogP contribution in [0.15, 0.2) is 47.3 Å². The molecule has 1 rings (SSSR count). The molecule has 11 heavy (non-hydrogen) atoms. The number of rotatable bonds is 0. The minimum atomic E-state index is 0.616. The van der Waals surface area contributed by atoms with Gasteiger partial charge in [-0.3, -0.25) is 0 Å². The first kappa shape index (κ1) is 7.66. The van der Waals surface area contributed by atoms with Gasteiger partial charge in [0.05, 0.1) is 11.4 Å². The van der Waals surface area contributed by atoms with Gasteiger partial charge in [0.15, 0.2) is 0 Å². The van der Waals surface area contributed by atoms with Gasteiger partial charge >= 0.3 is 0 Å². The van der Waals surface area contributed by atoms with E-state index in [-0.39, 0.29) is 0 Å². The summed E-state index contributed by atoms with van der Waals surface area (Å²) in [5.41, 5.74) is 13.6. The monoisotopic (exact) mass is 148 g/mol. The molecule has 0 atom stereocenters. The first-order chi connectivity index (χ1) is 5.20. The molecule has 0 spiro atoms. The van der Waals surface area contributed by atoms with Crippen molar-refractivity contribution < 1.29 is 0 Å². The van der Waals surface area contributed by atoms with E-state index in [0.717, 1.165) is 5.57 Å². The van der Waals surface area contributed by atoms with Crippen molar-refractivity contribution in [2.45, 2.75) is 6.92 Å². The Morgan fingerprint density at radius 1 is 1.00 bits per heavy atom. The molecule has 0 aromatic carbocycles. The highest BCUT2D eigenvalue weighted by Gasteiger charge is 1.91. The van der Waals surface area contributed by atoms with Gasteiger partial charge < -0.3 is 11.5 Å². The largest absolute Gasteiger partial charge is 0.397 e. The Morgan fingerprint density at radius 2 is 1.64 bits per heavy atom. The van der Waals surface area contributed by atoms with E-state index in [0.29, 0.717) is 11.4 Å². The van der Waals surface area contributed by atoms with Crippen molar-refractivity contribution in [2.24, 2.45) is 11.5 Å². The van der Waals surface area contributed by atoms with Crippen molar-refractivity contribution in [3.05, 3.63) is 47.3 Å². The molecule has 1 aliphatic carbocycles. The zero-order valence-corrected chi connectivity index (χ0v) is 6.54. The minimum absolute atomic E-state index is 0.616. The Morgan fingerprint density at radius 3 is 2.36 bits per heavy atom. The Labute approximate surface area is 66.6 Å². The van der Waals surface area contributed by atoms with Gasteiger partial charge in [-0.25, -0.2) is 0 Å². The van der Waals surface area contributed by atoms with Crippen LogP contribution in [0.2, 0.25) is 0 Å². The third kappa shape index (κ3) is 2.00. The van der Waals surface area contributed by atoms with Gasteiger partial charge in [-0.2, -0.15) is 0 Å². The molecule has 0 saturated carbocycles. The molecule has 0 unspecified atom stereocenters. The fraction of sp³-hybridized carbons (Fsp3) is 0.111. The zero-order chi connectivity index (χ0) is 8.27. The lowest BCUT2D eigenvalue weighted by molar-refractivity contribution is 1.27. The average molecular weight is 148 g/mol. The van der Waals surface area contributed by atoms with Gasteiger partial charge in [-0.1, -0.05) is 23.8 Å². The highest BCUT2D eigenvalue weighted by atomic mass is 14.7. The van der Waals surface area contributed by atoms with E-state index in [1.807, 2.05) is 31.2 Å². The molecule has 0 bridgehead atoms. The molecule has 0 saturated heterocycles. The molecule has 1 aliphatic rings. The van der Waals surface area contributed by atoms with E-state index in [9.17, 15) is 0 Å². The SMILES string of the molecule is CC1=CC=CC(N)=C(N)C=C1. The summed E-state index contributed by atoms with van der Waals surface area (Å²) < 4.78 is 0. The van der Waals surface area contributed by atoms with Crippen LogP contribution in [0, 0.1) is 0 Å². The number of allylic oxidation sites excluding steroid dienone is 6. The standard InChI is InChI=1S/C9H12N2/c1-7-3-2-4-8(10)9(11)6-5-7/h2-6H,10-11H2,1H3. The van der Waals surface area contributed by atoms with Crippen LogP contribution in [0.25, 0.3) is 0 Å². The van der Waals surface area contributed by atoms with E-state index in [1.165, 1.54) is 0 Å². The fourth-order valence-corrected chi connectivity index (χ4v) is 0.773. The molecule has 0 aromatic heterocycles. The number of hydrogen-bond donors (Lipinski definition) is 2. The summed E-state index contributed by atoms with van der Waals surface area (Å²) in [7, 11) is 0. The molecule has 58 valence electrons. The van der Waals surface area contributed by atoms with Crippen LogP contribution < -0.4 is 11.5 Å². The summed E-state index contributed by atoms with van der Waals surface area (Å²) in [6.07, 6.45) is 9.41. The number of nitrogens with two attached hydrogens (primary N) is 2. The van der Waals surface area contributed by atoms with Gasteiger partial charge in [-0.05, 0) is 19.1 Å². The van der Waals surface area contributed by atoms with Crippen LogP contribution in [0.5, 0.6) is 0 Å². The third-order valence-electron chi connectivity index (χ3n) is 1.49. The molecule has 2 heteroatoms. The predicted octanol–water partition coefficient (Wildman–Crippen LogP) is 1.19. The van der Waals surface area contributed by atoms with E-state index in [4.69, 9.17) is 11.5 Å². The van der Waals surface area contributed by atoms with Crippen molar-refractivity contribution in [2.75, 3.05) is 0 Å². The van der Waals surface area contributed by atoms with Crippen LogP contribution in [-0.4, -0.2) is 0 Å². The quantitative estimate of drug-likeness (QED) is 0.542. The van der Waals surface area contributed by atoms with Crippen molar-refractivity contribution in [3.8, 4) is 0 Å². The van der Waals surface area contributed by atoms with E-state index in [2.05, 4.69) is 0 Å². The molecular formula is C9H12N2. The second-order valence-electron chi connectivity index (χ2n) is 2.51. The lowest BCUT2D eigenvalue weighted by atomic mass is 10.2. The van der Waals surface area contributed by atoms with Crippen molar-refractivity contribution in [1.29, 1.82) is 0 Å². The molecule has 0 aromatic rings. The Bertz CT molecular complexity index is 267. The molecule has 0 radical (unpaired) electrons. The van der Waals surface area contributed by atoms with Crippen molar-refractivity contribution in [1.82, 2.24) is 0 Å². The Balaban J connectivity index is 2.98. The van der Waals surface area contributed by atoms with Gasteiger partial charge in [0.25, 0.3) is 0 Å². The molecule has 0 heterocycles. The summed E-state index contributed by atoms with van der Waals surface area (Å²) in [6, 6.07) is 0. The molecule has 0 aliphatic heterocycles. The summed E-state index contributed by atoms with van der Waals surface area (Å²) in [6.45, 7) is 2.01. The Kier molecular flexibility index (Phi) is 2.16. The molecule has 2 nitrogen and oxygen atoms in total. The topological polar surface area (TPSA) is 52.0 Å². The van der Waals surface area contributed by atoms with Crippen LogP contribution in [0.1, 0.15) is 6.92 Å². The maximum Gasteiger partial charge on any atom is 0.0547 e. The maximum absolute atomic E-state index is 5.60. The second-order valence-corrected chi connectivity index (χ2v) is 2.51. The lowest BCUT2D eigenvalue weighted by Crippen LogP contribution is -2.05. The van der Waals surface area contributed by atoms with Crippen LogP contribution >= 0.6 is 0 Å². The highest BCUT2D eigenvalue weighted by Crippen LogP contribution is 2.04. The zero-order valence-electron chi connectivity index (χ0n) is 6.54. The molecule has 4 N–H and O–H groups in total. The van der Waals surface area contributed by atoms with Crippen LogP contribution in [-0.2, 0) is 0 Å². The third-order valence-corrected chi connectivity index (χ3v) is 1.49. The summed E-state index contributed by atoms with van der Waals surface area (Å²) in [5.74, 6) is 0. The lowest BCUT2D eigenvalue weighted by Gasteiger charge is -2.00. The predicted molar refractivity (Wildman–Crippen MR) is 47.4 cm³/mol. The van der Waals surface area contributed by atoms with Gasteiger partial charge in [-0.15, -0.1) is 0 Å². The van der Waals surface area contributed by atoms with E-state index < -0.39 is 0 Å². The normalized spacial score (nSPS) is 17.7. The Hall–Kier alpha value is -1.44. The highest BCUT2D eigenvalue weighted by molar-refractivity contribution is 5.37. The first-order valence-corrected chi connectivity index (χ1v) is 3.48. The fourth-order valence-electron chi connectivity index (χ4n) is 0.773. The summed E-state index contributed by atoms with van der Waals surface area (Å²) in [4.78, 5) is 0. The average Bonchev–Trinajstić information content (AvgIpc) is 1.98. The van der Waals surface area contributed by atoms with E-state index in [1.54, 1.807) is 6.08 Å². The molecular weight excluding hydrogens is 136 g/mol. The number of hydrogen-bond acceptors (Lipinski definition) is 2. The van der Waals surface area contributed by atoms with Gasteiger partial charge in [0.1, 0.15) is 0 Å². The second kappa shape index (κ2) is 3.10. The van der Waals surface area contributed by atoms with Crippen LogP contribution in [0.3, 0.4) is 0 Å². The smallest absolute Gasteiger partial charge is 0.0547 e. The van der Waals surface area contributed by atoms with Crippen molar-refractivity contribution in [3.63, 3.8) is 0 Å². The minimum Gasteiger partial charge on any atom is -0.397 e. The van der Waals surface area contributed by atoms with Gasteiger partial charge in [0.2, 0.25) is 0 Å². The van der Waals surface area contributed by atoms with E-state index >= 15 is 0 Å².